The molecule has 0 aromatic carbocycles. The van der Waals surface area contributed by atoms with Crippen molar-refractivity contribution >= 4 is 23.3 Å². The van der Waals surface area contributed by atoms with Crippen molar-refractivity contribution in [3.8, 4) is 0 Å². The number of nitrogens with one attached hydrogen (secondary N) is 2. The largest absolute Gasteiger partial charge is 0.481 e. The van der Waals surface area contributed by atoms with Crippen molar-refractivity contribution in [3.05, 3.63) is 16.6 Å². The van der Waals surface area contributed by atoms with Gasteiger partial charge in [0.2, 0.25) is 0 Å². The van der Waals surface area contributed by atoms with Crippen LogP contribution in [0.4, 0.5) is 4.79 Å². The molecule has 112 valence electrons. The third-order valence-electron chi connectivity index (χ3n) is 2.81. The van der Waals surface area contributed by atoms with Crippen LogP contribution in [0.3, 0.4) is 0 Å². The summed E-state index contributed by atoms with van der Waals surface area (Å²) in [7, 11) is 0. The normalized spacial score (nSPS) is 12.0. The van der Waals surface area contributed by atoms with Gasteiger partial charge in [-0.05, 0) is 34.1 Å². The lowest BCUT2D eigenvalue weighted by molar-refractivity contribution is -0.137. The number of carboxylic acid groups (broad SMARTS) is 1. The summed E-state index contributed by atoms with van der Waals surface area (Å²) in [6, 6.07) is -0.333. The summed E-state index contributed by atoms with van der Waals surface area (Å²) in [6.07, 6.45) is 2.08. The molecule has 0 aliphatic carbocycles. The van der Waals surface area contributed by atoms with Crippen LogP contribution in [0, 0.1) is 0 Å². The Kier molecular flexibility index (Phi) is 5.10. The molecule has 0 aliphatic rings. The number of aromatic nitrogens is 1. The first-order valence-corrected chi connectivity index (χ1v) is 7.22. The van der Waals surface area contributed by atoms with Crippen LogP contribution in [0.2, 0.25) is 0 Å². The molecular formula is C13H21N3O3S. The molecule has 6 nitrogen and oxygen atoms in total. The predicted molar refractivity (Wildman–Crippen MR) is 77.8 cm³/mol. The van der Waals surface area contributed by atoms with Crippen molar-refractivity contribution in [2.75, 3.05) is 0 Å². The van der Waals surface area contributed by atoms with E-state index in [1.54, 1.807) is 20.0 Å². The number of carbonyl (C=O) groups excluding carboxylic acids is 1. The highest BCUT2D eigenvalue weighted by atomic mass is 32.1. The minimum atomic E-state index is -0.872. The summed E-state index contributed by atoms with van der Waals surface area (Å²) in [6.45, 7) is 7.34. The van der Waals surface area contributed by atoms with Crippen LogP contribution in [-0.2, 0) is 10.3 Å². The summed E-state index contributed by atoms with van der Waals surface area (Å²) in [4.78, 5) is 26.8. The summed E-state index contributed by atoms with van der Waals surface area (Å²) >= 11 is 1.47. The van der Waals surface area contributed by atoms with Crippen LogP contribution in [0.1, 0.15) is 45.5 Å². The van der Waals surface area contributed by atoms with Crippen molar-refractivity contribution in [2.45, 2.75) is 51.6 Å². The Morgan fingerprint density at radius 1 is 1.30 bits per heavy atom. The Labute approximate surface area is 122 Å². The molecule has 0 spiro atoms. The number of aliphatic carboxylic acids is 1. The lowest BCUT2D eigenvalue weighted by Gasteiger charge is -2.30. The van der Waals surface area contributed by atoms with Gasteiger partial charge in [0.15, 0.2) is 0 Å². The molecule has 1 aromatic heterocycles. The summed E-state index contributed by atoms with van der Waals surface area (Å²) in [5.74, 6) is -0.872. The zero-order valence-corrected chi connectivity index (χ0v) is 13.0. The highest BCUT2D eigenvalue weighted by molar-refractivity contribution is 7.09. The number of amides is 2. The van der Waals surface area contributed by atoms with Gasteiger partial charge >= 0.3 is 12.0 Å². The number of hydrogen-bond acceptors (Lipinski definition) is 4. The second-order valence-electron chi connectivity index (χ2n) is 5.82. The van der Waals surface area contributed by atoms with E-state index in [0.717, 1.165) is 5.01 Å². The first kappa shape index (κ1) is 16.4. The molecule has 0 unspecified atom stereocenters. The Morgan fingerprint density at radius 2 is 1.95 bits per heavy atom. The number of carboxylic acids is 1. The molecule has 3 N–H and O–H groups in total. The number of nitrogens with zero attached hydrogens (tertiary/aromatic N) is 1. The highest BCUT2D eigenvalue weighted by Crippen LogP contribution is 2.22. The number of rotatable bonds is 6. The molecular weight excluding hydrogens is 278 g/mol. The SMILES string of the molecule is CC(C)(CCC(=O)O)NC(=O)NC(C)(C)c1nccs1. The molecule has 1 heterocycles. The minimum Gasteiger partial charge on any atom is -0.481 e. The number of thiazole rings is 1. The quantitative estimate of drug-likeness (QED) is 0.751. The smallest absolute Gasteiger partial charge is 0.315 e. The molecule has 0 radical (unpaired) electrons. The predicted octanol–water partition coefficient (Wildman–Crippen LogP) is 2.32. The van der Waals surface area contributed by atoms with Gasteiger partial charge in [0.25, 0.3) is 0 Å². The molecule has 0 fully saturated rings. The fourth-order valence-electron chi connectivity index (χ4n) is 1.69. The maximum Gasteiger partial charge on any atom is 0.315 e. The fourth-order valence-corrected chi connectivity index (χ4v) is 2.41. The van der Waals surface area contributed by atoms with E-state index in [0.29, 0.717) is 6.42 Å². The van der Waals surface area contributed by atoms with E-state index in [9.17, 15) is 9.59 Å². The minimum absolute atomic E-state index is 0.0170. The van der Waals surface area contributed by atoms with Crippen molar-refractivity contribution in [1.29, 1.82) is 0 Å². The number of carbonyl (C=O) groups is 2. The average molecular weight is 299 g/mol. The van der Waals surface area contributed by atoms with Crippen molar-refractivity contribution < 1.29 is 14.7 Å². The Hall–Kier alpha value is -1.63. The van der Waals surface area contributed by atoms with Crippen LogP contribution in [0.25, 0.3) is 0 Å². The van der Waals surface area contributed by atoms with Gasteiger partial charge in [-0.2, -0.15) is 0 Å². The second-order valence-corrected chi connectivity index (χ2v) is 6.71. The van der Waals surface area contributed by atoms with E-state index in [2.05, 4.69) is 15.6 Å². The maximum absolute atomic E-state index is 12.0. The standard InChI is InChI=1S/C13H21N3O3S/c1-12(2,6-5-9(17)18)15-11(19)16-13(3,4)10-14-7-8-20-10/h7-8H,5-6H2,1-4H3,(H,17,18)(H2,15,16,19). The van der Waals surface area contributed by atoms with E-state index in [1.807, 2.05) is 19.2 Å². The van der Waals surface area contributed by atoms with Crippen LogP contribution < -0.4 is 10.6 Å². The van der Waals surface area contributed by atoms with E-state index in [4.69, 9.17) is 5.11 Å². The van der Waals surface area contributed by atoms with Gasteiger partial charge in [-0.15, -0.1) is 11.3 Å². The number of urea groups is 1. The van der Waals surface area contributed by atoms with Gasteiger partial charge in [-0.25, -0.2) is 9.78 Å². The topological polar surface area (TPSA) is 91.3 Å². The Bertz CT molecular complexity index is 469. The van der Waals surface area contributed by atoms with Crippen LogP contribution in [0.15, 0.2) is 11.6 Å². The zero-order chi connectivity index (χ0) is 15.4. The lowest BCUT2D eigenvalue weighted by atomic mass is 9.98. The van der Waals surface area contributed by atoms with Gasteiger partial charge in [-0.3, -0.25) is 4.79 Å². The van der Waals surface area contributed by atoms with Crippen molar-refractivity contribution in [1.82, 2.24) is 15.6 Å². The molecule has 0 bridgehead atoms. The van der Waals surface area contributed by atoms with Gasteiger partial charge < -0.3 is 15.7 Å². The van der Waals surface area contributed by atoms with Gasteiger partial charge in [0, 0.05) is 23.5 Å². The summed E-state index contributed by atoms with van der Waals surface area (Å²) in [5.41, 5.74) is -1.15. The second kappa shape index (κ2) is 6.21. The van der Waals surface area contributed by atoms with E-state index in [-0.39, 0.29) is 12.5 Å². The third-order valence-corrected chi connectivity index (χ3v) is 3.91. The zero-order valence-electron chi connectivity index (χ0n) is 12.2. The van der Waals surface area contributed by atoms with E-state index >= 15 is 0 Å². The summed E-state index contributed by atoms with van der Waals surface area (Å²) in [5, 5.41) is 17.0. The van der Waals surface area contributed by atoms with Gasteiger partial charge in [0.1, 0.15) is 5.01 Å². The molecule has 1 rings (SSSR count). The fraction of sp³-hybridized carbons (Fsp3) is 0.615. The molecule has 1 aromatic rings. The molecule has 0 saturated heterocycles. The highest BCUT2D eigenvalue weighted by Gasteiger charge is 2.28. The average Bonchev–Trinajstić information content (AvgIpc) is 2.78. The van der Waals surface area contributed by atoms with E-state index < -0.39 is 17.0 Å². The molecule has 0 atom stereocenters. The number of hydrogen-bond donors (Lipinski definition) is 3. The van der Waals surface area contributed by atoms with Crippen LogP contribution >= 0.6 is 11.3 Å². The lowest BCUT2D eigenvalue weighted by Crippen LogP contribution is -2.53. The molecule has 2 amide bonds. The molecule has 0 aliphatic heterocycles. The first-order chi connectivity index (χ1) is 9.12. The molecule has 7 heteroatoms. The summed E-state index contributed by atoms with van der Waals surface area (Å²) < 4.78 is 0. The van der Waals surface area contributed by atoms with Crippen molar-refractivity contribution in [2.24, 2.45) is 0 Å². The monoisotopic (exact) mass is 299 g/mol. The van der Waals surface area contributed by atoms with Crippen molar-refractivity contribution in [3.63, 3.8) is 0 Å². The first-order valence-electron chi connectivity index (χ1n) is 6.34. The van der Waals surface area contributed by atoms with Gasteiger partial charge in [0.05, 0.1) is 5.54 Å². The van der Waals surface area contributed by atoms with Crippen LogP contribution in [-0.4, -0.2) is 27.6 Å². The Morgan fingerprint density at radius 3 is 2.45 bits per heavy atom. The third kappa shape index (κ3) is 5.16. The molecule has 0 saturated carbocycles. The Balaban J connectivity index is 2.57. The van der Waals surface area contributed by atoms with Gasteiger partial charge in [-0.1, -0.05) is 0 Å². The maximum atomic E-state index is 12.0. The van der Waals surface area contributed by atoms with Crippen LogP contribution in [0.5, 0.6) is 0 Å². The van der Waals surface area contributed by atoms with E-state index in [1.165, 1.54) is 11.3 Å². The molecule has 20 heavy (non-hydrogen) atoms.